The van der Waals surface area contributed by atoms with Crippen LogP contribution in [0.1, 0.15) is 26.3 Å². The molecule has 1 aromatic carbocycles. The molecule has 0 bridgehead atoms. The van der Waals surface area contributed by atoms with E-state index in [4.69, 9.17) is 4.74 Å². The van der Waals surface area contributed by atoms with Crippen LogP contribution in [0.5, 0.6) is 0 Å². The minimum Gasteiger partial charge on any atom is -0.443 e. The van der Waals surface area contributed by atoms with E-state index in [9.17, 15) is 18.3 Å². The van der Waals surface area contributed by atoms with Gasteiger partial charge >= 0.3 is 6.09 Å². The summed E-state index contributed by atoms with van der Waals surface area (Å²) >= 11 is 0. The van der Waals surface area contributed by atoms with Gasteiger partial charge in [0, 0.05) is 14.5 Å². The predicted molar refractivity (Wildman–Crippen MR) is 111 cm³/mol. The van der Waals surface area contributed by atoms with Crippen molar-refractivity contribution in [3.8, 4) is 0 Å². The highest BCUT2D eigenvalue weighted by molar-refractivity contribution is 7.89. The van der Waals surface area contributed by atoms with E-state index in [1.165, 1.54) is 0 Å². The summed E-state index contributed by atoms with van der Waals surface area (Å²) in [6.07, 6.45) is -1.70. The topological polar surface area (TPSA) is 83.9 Å². The number of rotatable bonds is 8. The Labute approximate surface area is 164 Å². The van der Waals surface area contributed by atoms with E-state index in [0.717, 1.165) is 5.56 Å². The lowest BCUT2D eigenvalue weighted by Gasteiger charge is -2.29. The lowest BCUT2D eigenvalue weighted by Crippen LogP contribution is -2.46. The number of nitrogens with zero attached hydrogens (tertiary/aromatic N) is 1. The number of hydrogen-bond acceptors (Lipinski definition) is 5. The number of aliphatic hydroxyl groups excluding tert-OH is 1. The Morgan fingerprint density at radius 2 is 1.74 bits per heavy atom. The van der Waals surface area contributed by atoms with E-state index in [2.05, 4.69) is 19.6 Å². The fourth-order valence-electron chi connectivity index (χ4n) is 2.30. The Morgan fingerprint density at radius 3 is 2.22 bits per heavy atom. The quantitative estimate of drug-likeness (QED) is 0.657. The average molecular weight is 416 g/mol. The van der Waals surface area contributed by atoms with E-state index in [-0.39, 0.29) is 18.7 Å². The van der Waals surface area contributed by atoms with Crippen LogP contribution in [0.25, 0.3) is 0 Å². The largest absolute Gasteiger partial charge is 0.443 e. The molecule has 0 heterocycles. The molecular weight excluding hydrogens is 382 g/mol. The molecular formula is C19H33NO5SSi. The first kappa shape index (κ1) is 23.7. The van der Waals surface area contributed by atoms with Gasteiger partial charge in [-0.15, -0.1) is 0 Å². The Kier molecular flexibility index (Phi) is 8.07. The van der Waals surface area contributed by atoms with Gasteiger partial charge in [0.15, 0.2) is 0 Å². The maximum atomic E-state index is 12.8. The standard InChI is InChI=1S/C19H33NO5SSi/c1-19(2,3)25-18(22)20(26(23,24)12-13-27(4,5)6)15-17(21)14-16-10-8-7-9-11-16/h7-11,17,21H,12-15H2,1-6H3/t17-/m1/s1. The molecule has 1 amide bonds. The monoisotopic (exact) mass is 415 g/mol. The Bertz CT molecular complexity index is 708. The fraction of sp³-hybridized carbons (Fsp3) is 0.632. The minimum atomic E-state index is -3.88. The van der Waals surface area contributed by atoms with E-state index in [1.807, 2.05) is 30.3 Å². The molecule has 8 heteroatoms. The molecule has 6 nitrogen and oxygen atoms in total. The molecule has 0 spiro atoms. The SMILES string of the molecule is CC(C)(C)OC(=O)N(C[C@H](O)Cc1ccccc1)S(=O)(=O)CC[Si](C)(C)C. The van der Waals surface area contributed by atoms with Crippen LogP contribution in [0.4, 0.5) is 4.79 Å². The molecule has 1 N–H and O–H groups in total. The van der Waals surface area contributed by atoms with Crippen LogP contribution < -0.4 is 0 Å². The summed E-state index contributed by atoms with van der Waals surface area (Å²) in [5, 5.41) is 10.4. The van der Waals surface area contributed by atoms with E-state index in [1.54, 1.807) is 20.8 Å². The maximum absolute atomic E-state index is 12.8. The van der Waals surface area contributed by atoms with Gasteiger partial charge in [-0.05, 0) is 32.4 Å². The van der Waals surface area contributed by atoms with Crippen molar-refractivity contribution < 1.29 is 23.1 Å². The number of benzene rings is 1. The maximum Gasteiger partial charge on any atom is 0.424 e. The van der Waals surface area contributed by atoms with Gasteiger partial charge in [0.1, 0.15) is 5.60 Å². The first-order valence-corrected chi connectivity index (χ1v) is 14.5. The van der Waals surface area contributed by atoms with Gasteiger partial charge in [-0.1, -0.05) is 50.0 Å². The van der Waals surface area contributed by atoms with E-state index < -0.39 is 35.9 Å². The second kappa shape index (κ2) is 9.21. The zero-order chi connectivity index (χ0) is 20.9. The van der Waals surface area contributed by atoms with Gasteiger partial charge in [0.05, 0.1) is 18.4 Å². The number of aliphatic hydroxyl groups is 1. The van der Waals surface area contributed by atoms with Crippen LogP contribution in [0, 0.1) is 0 Å². The zero-order valence-corrected chi connectivity index (χ0v) is 19.0. The third kappa shape index (κ3) is 9.39. The molecule has 1 atom stereocenters. The highest BCUT2D eigenvalue weighted by atomic mass is 32.2. The lowest BCUT2D eigenvalue weighted by atomic mass is 10.1. The summed E-state index contributed by atoms with van der Waals surface area (Å²) < 4.78 is 31.6. The van der Waals surface area contributed by atoms with Crippen molar-refractivity contribution in [1.82, 2.24) is 4.31 Å². The summed E-state index contributed by atoms with van der Waals surface area (Å²) in [7, 11) is -5.50. The van der Waals surface area contributed by atoms with Crippen molar-refractivity contribution in [3.05, 3.63) is 35.9 Å². The molecule has 0 aliphatic heterocycles. The summed E-state index contributed by atoms with van der Waals surface area (Å²) in [5.41, 5.74) is 0.0437. The molecule has 0 aliphatic rings. The van der Waals surface area contributed by atoms with Gasteiger partial charge in [-0.25, -0.2) is 17.5 Å². The highest BCUT2D eigenvalue weighted by Gasteiger charge is 2.34. The van der Waals surface area contributed by atoms with Crippen molar-refractivity contribution in [3.63, 3.8) is 0 Å². The zero-order valence-electron chi connectivity index (χ0n) is 17.2. The molecule has 0 aliphatic carbocycles. The van der Waals surface area contributed by atoms with Gasteiger partial charge in [0.25, 0.3) is 0 Å². The second-order valence-corrected chi connectivity index (χ2v) is 16.6. The second-order valence-electron chi connectivity index (χ2n) is 8.98. The van der Waals surface area contributed by atoms with Crippen LogP contribution in [0.3, 0.4) is 0 Å². The molecule has 154 valence electrons. The number of amides is 1. The fourth-order valence-corrected chi connectivity index (χ4v) is 6.67. The third-order valence-corrected chi connectivity index (χ3v) is 7.54. The molecule has 1 rings (SSSR count). The number of hydrogen-bond donors (Lipinski definition) is 1. The summed E-state index contributed by atoms with van der Waals surface area (Å²) in [6, 6.07) is 9.78. The van der Waals surface area contributed by atoms with Crippen molar-refractivity contribution in [2.45, 2.75) is 64.6 Å². The minimum absolute atomic E-state index is 0.125. The first-order chi connectivity index (χ1) is 12.2. The Morgan fingerprint density at radius 1 is 1.19 bits per heavy atom. The van der Waals surface area contributed by atoms with Gasteiger partial charge in [-0.2, -0.15) is 0 Å². The number of carbonyl (C=O) groups is 1. The van der Waals surface area contributed by atoms with Crippen LogP contribution >= 0.6 is 0 Å². The number of sulfonamides is 1. The highest BCUT2D eigenvalue weighted by Crippen LogP contribution is 2.18. The van der Waals surface area contributed by atoms with E-state index in [0.29, 0.717) is 10.3 Å². The van der Waals surface area contributed by atoms with Crippen molar-refractivity contribution in [1.29, 1.82) is 0 Å². The molecule has 27 heavy (non-hydrogen) atoms. The summed E-state index contributed by atoms with van der Waals surface area (Å²) in [4.78, 5) is 12.5. The van der Waals surface area contributed by atoms with Gasteiger partial charge < -0.3 is 9.84 Å². The molecule has 0 saturated heterocycles. The predicted octanol–water partition coefficient (Wildman–Crippen LogP) is 3.50. The van der Waals surface area contributed by atoms with Crippen molar-refractivity contribution in [2.24, 2.45) is 0 Å². The lowest BCUT2D eigenvalue weighted by molar-refractivity contribution is 0.0321. The van der Waals surface area contributed by atoms with Crippen LogP contribution in [0.2, 0.25) is 25.7 Å². The Hall–Kier alpha value is -1.38. The molecule has 0 saturated carbocycles. The average Bonchev–Trinajstić information content (AvgIpc) is 2.49. The van der Waals surface area contributed by atoms with E-state index >= 15 is 0 Å². The summed E-state index contributed by atoms with van der Waals surface area (Å²) in [6.45, 7) is 10.9. The first-order valence-electron chi connectivity index (χ1n) is 9.15. The third-order valence-electron chi connectivity index (χ3n) is 3.73. The molecule has 0 unspecified atom stereocenters. The summed E-state index contributed by atoms with van der Waals surface area (Å²) in [5.74, 6) is -0.125. The normalized spacial score (nSPS) is 13.9. The number of carbonyl (C=O) groups excluding carboxylic acids is 1. The smallest absolute Gasteiger partial charge is 0.424 e. The van der Waals surface area contributed by atoms with Crippen LogP contribution in [-0.2, 0) is 21.2 Å². The van der Waals surface area contributed by atoms with Gasteiger partial charge in [-0.3, -0.25) is 0 Å². The van der Waals surface area contributed by atoms with Crippen LogP contribution in [0.15, 0.2) is 30.3 Å². The molecule has 1 aromatic rings. The molecule has 0 aromatic heterocycles. The van der Waals surface area contributed by atoms with Crippen molar-refractivity contribution >= 4 is 24.2 Å². The number of ether oxygens (including phenoxy) is 1. The molecule has 0 fully saturated rings. The Balaban J connectivity index is 2.97. The van der Waals surface area contributed by atoms with Gasteiger partial charge in [0.2, 0.25) is 10.0 Å². The molecule has 0 radical (unpaired) electrons. The van der Waals surface area contributed by atoms with Crippen LogP contribution in [-0.4, -0.2) is 56.0 Å². The van der Waals surface area contributed by atoms with Crippen molar-refractivity contribution in [2.75, 3.05) is 12.3 Å².